The molecule has 0 aromatic heterocycles. The summed E-state index contributed by atoms with van der Waals surface area (Å²) in [6.45, 7) is 2.01. The summed E-state index contributed by atoms with van der Waals surface area (Å²) < 4.78 is 39.9. The zero-order valence-corrected chi connectivity index (χ0v) is 21.9. The Bertz CT molecular complexity index is 1430. The van der Waals surface area contributed by atoms with Crippen LogP contribution in [0, 0.1) is 6.92 Å². The highest BCUT2D eigenvalue weighted by Crippen LogP contribution is 2.48. The van der Waals surface area contributed by atoms with Crippen LogP contribution in [0.4, 0.5) is 0 Å². The first kappa shape index (κ1) is 25.3. The smallest absolute Gasteiger partial charge is 0.341 e. The van der Waals surface area contributed by atoms with Crippen molar-refractivity contribution in [2.24, 2.45) is 0 Å². The van der Waals surface area contributed by atoms with Gasteiger partial charge < -0.3 is 14.6 Å². The fraction of sp³-hybridized carbons (Fsp3) is 0.345. The molecule has 1 saturated carbocycles. The number of ether oxygens (including phenoxy) is 2. The molecule has 8 heteroatoms. The Balaban J connectivity index is 1.49. The van der Waals surface area contributed by atoms with Crippen LogP contribution in [0.15, 0.2) is 65.6 Å². The van der Waals surface area contributed by atoms with Crippen molar-refractivity contribution >= 4 is 16.0 Å². The molecule has 1 N–H and O–H groups in total. The molecule has 0 atom stereocenters. The van der Waals surface area contributed by atoms with E-state index in [0.29, 0.717) is 24.4 Å². The van der Waals surface area contributed by atoms with Gasteiger partial charge in [0, 0.05) is 18.5 Å². The number of fused-ring (bicyclic) bond motifs is 2. The van der Waals surface area contributed by atoms with Crippen molar-refractivity contribution < 1.29 is 27.8 Å². The van der Waals surface area contributed by atoms with Gasteiger partial charge in [-0.15, -0.1) is 0 Å². The zero-order valence-electron chi connectivity index (χ0n) is 21.1. The number of nitrogens with zero attached hydrogens (tertiary/aromatic N) is 1. The van der Waals surface area contributed by atoms with Crippen molar-refractivity contribution in [3.05, 3.63) is 77.4 Å². The Morgan fingerprint density at radius 3 is 2.35 bits per heavy atom. The molecular weight excluding hydrogens is 490 g/mol. The van der Waals surface area contributed by atoms with Crippen molar-refractivity contribution in [1.29, 1.82) is 0 Å². The van der Waals surface area contributed by atoms with Gasteiger partial charge in [-0.05, 0) is 84.0 Å². The van der Waals surface area contributed by atoms with Crippen LogP contribution in [0.5, 0.6) is 11.5 Å². The van der Waals surface area contributed by atoms with Crippen LogP contribution in [-0.4, -0.2) is 44.1 Å². The molecule has 1 aliphatic carbocycles. The molecule has 3 aromatic carbocycles. The number of aryl methyl sites for hydroxylation is 1. The van der Waals surface area contributed by atoms with Gasteiger partial charge in [0.15, 0.2) is 6.61 Å². The first-order valence-electron chi connectivity index (χ1n) is 12.5. The molecule has 0 unspecified atom stereocenters. The van der Waals surface area contributed by atoms with E-state index in [0.717, 1.165) is 48.1 Å². The maximum Gasteiger partial charge on any atom is 0.341 e. The number of sulfonamides is 1. The predicted molar refractivity (Wildman–Crippen MR) is 140 cm³/mol. The number of methoxy groups -OCH3 is 1. The number of hydrogen-bond acceptors (Lipinski definition) is 5. The second kappa shape index (κ2) is 9.84. The lowest BCUT2D eigenvalue weighted by atomic mass is 9.74. The largest absolute Gasteiger partial charge is 0.497 e. The summed E-state index contributed by atoms with van der Waals surface area (Å²) in [5.41, 5.74) is 4.81. The lowest BCUT2D eigenvalue weighted by Gasteiger charge is -2.41. The molecular formula is C29H31NO6S. The van der Waals surface area contributed by atoms with E-state index in [1.54, 1.807) is 24.4 Å². The van der Waals surface area contributed by atoms with E-state index >= 15 is 0 Å². The summed E-state index contributed by atoms with van der Waals surface area (Å²) in [5.74, 6) is 0.0687. The Morgan fingerprint density at radius 1 is 1.00 bits per heavy atom. The molecule has 3 aromatic rings. The number of carbonyl (C=O) groups is 1. The Labute approximate surface area is 217 Å². The van der Waals surface area contributed by atoms with E-state index in [1.165, 1.54) is 17.7 Å². The molecule has 7 nitrogen and oxygen atoms in total. The van der Waals surface area contributed by atoms with E-state index < -0.39 is 22.6 Å². The molecule has 37 heavy (non-hydrogen) atoms. The SMILES string of the molecule is COc1ccc(-c2ccc3c(c2)CN(S(=O)(=O)c2ccc(OCC(=O)O)c(C)c2)CC32CCCC2)cc1. The standard InChI is InChI=1S/C29H31NO6S/c1-20-15-25(10-12-27(20)36-18-28(31)32)37(33,34)30-17-23-16-22(21-5-8-24(35-2)9-6-21)7-11-26(23)29(19-30)13-3-4-14-29/h5-12,15-16H,3-4,13-14,17-19H2,1-2H3,(H,31,32). The van der Waals surface area contributed by atoms with Crippen LogP contribution >= 0.6 is 0 Å². The van der Waals surface area contributed by atoms with Crippen LogP contribution in [0.25, 0.3) is 11.1 Å². The van der Waals surface area contributed by atoms with Gasteiger partial charge in [-0.25, -0.2) is 13.2 Å². The molecule has 1 spiro atoms. The van der Waals surface area contributed by atoms with Gasteiger partial charge in [0.1, 0.15) is 11.5 Å². The van der Waals surface area contributed by atoms with Gasteiger partial charge >= 0.3 is 5.97 Å². The fourth-order valence-electron chi connectivity index (χ4n) is 5.76. The third-order valence-electron chi connectivity index (χ3n) is 7.62. The number of benzene rings is 3. The lowest BCUT2D eigenvalue weighted by molar-refractivity contribution is -0.139. The van der Waals surface area contributed by atoms with E-state index in [2.05, 4.69) is 18.2 Å². The van der Waals surface area contributed by atoms with Crippen LogP contribution < -0.4 is 9.47 Å². The Kier molecular flexibility index (Phi) is 6.72. The quantitative estimate of drug-likeness (QED) is 0.462. The highest BCUT2D eigenvalue weighted by atomic mass is 32.2. The minimum absolute atomic E-state index is 0.182. The third kappa shape index (κ3) is 4.83. The lowest BCUT2D eigenvalue weighted by Crippen LogP contribution is -2.46. The molecule has 194 valence electrons. The van der Waals surface area contributed by atoms with Crippen LogP contribution in [0.2, 0.25) is 0 Å². The first-order valence-corrected chi connectivity index (χ1v) is 13.9. The molecule has 0 radical (unpaired) electrons. The molecule has 0 bridgehead atoms. The molecule has 0 saturated heterocycles. The molecule has 1 fully saturated rings. The average molecular weight is 522 g/mol. The van der Waals surface area contributed by atoms with Gasteiger partial charge in [-0.3, -0.25) is 0 Å². The highest BCUT2D eigenvalue weighted by Gasteiger charge is 2.45. The zero-order chi connectivity index (χ0) is 26.2. The van der Waals surface area contributed by atoms with Crippen LogP contribution in [0.1, 0.15) is 42.4 Å². The van der Waals surface area contributed by atoms with Crippen LogP contribution in [0.3, 0.4) is 0 Å². The van der Waals surface area contributed by atoms with Crippen LogP contribution in [-0.2, 0) is 26.8 Å². The highest BCUT2D eigenvalue weighted by molar-refractivity contribution is 7.89. The number of carboxylic acid groups (broad SMARTS) is 1. The van der Waals surface area contributed by atoms with Gasteiger partial charge in [0.25, 0.3) is 0 Å². The normalized spacial score (nSPS) is 16.9. The maximum absolute atomic E-state index is 13.9. The summed E-state index contributed by atoms with van der Waals surface area (Å²) in [4.78, 5) is 11.0. The van der Waals surface area contributed by atoms with Crippen molar-refractivity contribution in [3.8, 4) is 22.6 Å². The number of hydrogen-bond donors (Lipinski definition) is 1. The van der Waals surface area contributed by atoms with E-state index in [9.17, 15) is 13.2 Å². The van der Waals surface area contributed by atoms with Gasteiger partial charge in [-0.1, -0.05) is 37.1 Å². The number of aliphatic carboxylic acids is 1. The molecule has 1 aliphatic heterocycles. The van der Waals surface area contributed by atoms with Crippen molar-refractivity contribution in [3.63, 3.8) is 0 Å². The third-order valence-corrected chi connectivity index (χ3v) is 9.41. The molecule has 0 amide bonds. The monoisotopic (exact) mass is 521 g/mol. The van der Waals surface area contributed by atoms with Crippen molar-refractivity contribution in [1.82, 2.24) is 4.31 Å². The second-order valence-electron chi connectivity index (χ2n) is 9.97. The fourth-order valence-corrected chi connectivity index (χ4v) is 7.35. The second-order valence-corrected chi connectivity index (χ2v) is 11.9. The minimum Gasteiger partial charge on any atom is -0.497 e. The average Bonchev–Trinajstić information content (AvgIpc) is 3.36. The van der Waals surface area contributed by atoms with E-state index in [4.69, 9.17) is 14.6 Å². The Morgan fingerprint density at radius 2 is 1.70 bits per heavy atom. The molecule has 1 heterocycles. The van der Waals surface area contributed by atoms with Gasteiger partial charge in [-0.2, -0.15) is 4.31 Å². The summed E-state index contributed by atoms with van der Waals surface area (Å²) in [6, 6.07) is 19.0. The molecule has 2 aliphatic rings. The number of rotatable bonds is 7. The topological polar surface area (TPSA) is 93.1 Å². The van der Waals surface area contributed by atoms with Gasteiger partial charge in [0.05, 0.1) is 12.0 Å². The van der Waals surface area contributed by atoms with E-state index in [1.807, 2.05) is 24.3 Å². The van der Waals surface area contributed by atoms with Crippen molar-refractivity contribution in [2.75, 3.05) is 20.3 Å². The first-order chi connectivity index (χ1) is 17.7. The summed E-state index contributed by atoms with van der Waals surface area (Å²) in [5, 5.41) is 8.88. The predicted octanol–water partition coefficient (Wildman–Crippen LogP) is 5.15. The van der Waals surface area contributed by atoms with Crippen molar-refractivity contribution in [2.45, 2.75) is 49.5 Å². The van der Waals surface area contributed by atoms with Gasteiger partial charge in [0.2, 0.25) is 10.0 Å². The van der Waals surface area contributed by atoms with E-state index in [-0.39, 0.29) is 10.3 Å². The summed E-state index contributed by atoms with van der Waals surface area (Å²) >= 11 is 0. The maximum atomic E-state index is 13.9. The summed E-state index contributed by atoms with van der Waals surface area (Å²) in [7, 11) is -2.14. The summed E-state index contributed by atoms with van der Waals surface area (Å²) in [6.07, 6.45) is 4.11. The Hall–Kier alpha value is -3.36. The number of carboxylic acids is 1. The molecule has 5 rings (SSSR count). The minimum atomic E-state index is -3.78.